The number of β-amino-alcohol motifs (C(OH)–C–C–N with tert-alkyl or cyclic N) is 1. The van der Waals surface area contributed by atoms with Gasteiger partial charge in [-0.3, -0.25) is 4.79 Å². The monoisotopic (exact) mass is 483 g/mol. The number of anilines is 1. The van der Waals surface area contributed by atoms with E-state index in [0.29, 0.717) is 25.1 Å². The van der Waals surface area contributed by atoms with Crippen LogP contribution in [0.2, 0.25) is 0 Å². The highest BCUT2D eigenvalue weighted by Crippen LogP contribution is 2.28. The summed E-state index contributed by atoms with van der Waals surface area (Å²) in [4.78, 5) is 27.4. The van der Waals surface area contributed by atoms with Crippen LogP contribution in [0.4, 0.5) is 10.5 Å². The van der Waals surface area contributed by atoms with E-state index in [1.165, 1.54) is 0 Å². The number of aliphatic hydroxyl groups is 1. The maximum absolute atomic E-state index is 13.1. The van der Waals surface area contributed by atoms with Gasteiger partial charge in [-0.15, -0.1) is 0 Å². The summed E-state index contributed by atoms with van der Waals surface area (Å²) in [6, 6.07) is 16.2. The minimum Gasteiger partial charge on any atom is -0.496 e. The highest BCUT2D eigenvalue weighted by atomic mass is 16.5. The molecule has 2 aliphatic heterocycles. The van der Waals surface area contributed by atoms with E-state index in [1.807, 2.05) is 54.6 Å². The number of hydrogen-bond acceptors (Lipinski definition) is 6. The van der Waals surface area contributed by atoms with E-state index >= 15 is 0 Å². The maximum Gasteiger partial charge on any atom is 0.322 e. The molecule has 3 N–H and O–H groups in total. The zero-order valence-corrected chi connectivity index (χ0v) is 19.9. The van der Waals surface area contributed by atoms with Gasteiger partial charge in [-0.05, 0) is 31.0 Å². The number of amides is 3. The zero-order valence-electron chi connectivity index (χ0n) is 19.9. The van der Waals surface area contributed by atoms with Crippen LogP contribution in [0.1, 0.15) is 24.8 Å². The predicted octanol–water partition coefficient (Wildman–Crippen LogP) is 2.54. The fourth-order valence-corrected chi connectivity index (χ4v) is 4.61. The first-order valence-corrected chi connectivity index (χ1v) is 12.0. The van der Waals surface area contributed by atoms with Crippen LogP contribution < -0.4 is 15.4 Å². The van der Waals surface area contributed by atoms with Crippen LogP contribution in [0.5, 0.6) is 5.75 Å². The molecule has 2 saturated heterocycles. The molecule has 0 aliphatic carbocycles. The number of aliphatic hydroxyl groups excluding tert-OH is 1. The minimum atomic E-state index is -0.782. The summed E-state index contributed by atoms with van der Waals surface area (Å²) < 4.78 is 17.2. The molecule has 35 heavy (non-hydrogen) atoms. The van der Waals surface area contributed by atoms with Gasteiger partial charge in [0.25, 0.3) is 0 Å². The van der Waals surface area contributed by atoms with Gasteiger partial charge in [-0.1, -0.05) is 36.4 Å². The Bertz CT molecular complexity index is 988. The molecule has 0 aromatic heterocycles. The molecule has 4 rings (SSSR count). The number of nitrogens with zero attached hydrogens (tertiary/aromatic N) is 1. The molecule has 2 aliphatic rings. The molecule has 0 spiro atoms. The van der Waals surface area contributed by atoms with Gasteiger partial charge in [-0.2, -0.15) is 0 Å². The second-order valence-corrected chi connectivity index (χ2v) is 8.87. The van der Waals surface area contributed by atoms with Gasteiger partial charge in [0.15, 0.2) is 0 Å². The van der Waals surface area contributed by atoms with Crippen molar-refractivity contribution in [1.82, 2.24) is 10.2 Å². The summed E-state index contributed by atoms with van der Waals surface area (Å²) in [5.74, 6) is 0.618. The van der Waals surface area contributed by atoms with Crippen molar-refractivity contribution in [3.63, 3.8) is 0 Å². The Morgan fingerprint density at radius 2 is 1.86 bits per heavy atom. The Morgan fingerprint density at radius 3 is 2.66 bits per heavy atom. The first-order chi connectivity index (χ1) is 17.0. The van der Waals surface area contributed by atoms with Crippen molar-refractivity contribution in [3.05, 3.63) is 60.2 Å². The van der Waals surface area contributed by atoms with E-state index in [4.69, 9.17) is 14.2 Å². The van der Waals surface area contributed by atoms with Crippen LogP contribution in [-0.4, -0.2) is 73.2 Å². The van der Waals surface area contributed by atoms with E-state index in [1.54, 1.807) is 12.0 Å². The van der Waals surface area contributed by atoms with Crippen molar-refractivity contribution >= 4 is 17.6 Å². The molecule has 2 aromatic rings. The molecular weight excluding hydrogens is 450 g/mol. The van der Waals surface area contributed by atoms with Gasteiger partial charge in [0.2, 0.25) is 5.91 Å². The third kappa shape index (κ3) is 6.72. The number of urea groups is 1. The number of rotatable bonds is 6. The molecule has 9 nitrogen and oxygen atoms in total. The van der Waals surface area contributed by atoms with Gasteiger partial charge in [0.1, 0.15) is 11.9 Å². The number of benzene rings is 2. The summed E-state index contributed by atoms with van der Waals surface area (Å²) in [7, 11) is 1.60. The molecule has 0 saturated carbocycles. The summed E-state index contributed by atoms with van der Waals surface area (Å²) >= 11 is 0. The van der Waals surface area contributed by atoms with Crippen molar-refractivity contribution in [2.45, 2.75) is 50.2 Å². The van der Waals surface area contributed by atoms with E-state index in [0.717, 1.165) is 11.3 Å². The standard InChI is InChI=1S/C26H33N3O6/c1-33-23-10-6-5-7-18(23)14-27-25(31)13-21-11-12-22-24(35-21)17-34-16-20(30)15-29(22)26(32)28-19-8-3-2-4-9-19/h2-10,20-22,24,30H,11-17H2,1H3,(H,27,31)(H,28,32)/t20-,21+,22-,24+/m0/s1. The molecule has 0 bridgehead atoms. The fraction of sp³-hybridized carbons (Fsp3) is 0.462. The summed E-state index contributed by atoms with van der Waals surface area (Å²) in [5.41, 5.74) is 1.59. The molecule has 0 radical (unpaired) electrons. The minimum absolute atomic E-state index is 0.111. The molecule has 3 amide bonds. The molecule has 4 atom stereocenters. The quantitative estimate of drug-likeness (QED) is 0.583. The van der Waals surface area contributed by atoms with E-state index in [-0.39, 0.29) is 56.4 Å². The van der Waals surface area contributed by atoms with Crippen LogP contribution in [0, 0.1) is 0 Å². The highest BCUT2D eigenvalue weighted by Gasteiger charge is 2.40. The van der Waals surface area contributed by atoms with E-state index in [2.05, 4.69) is 10.6 Å². The lowest BCUT2D eigenvalue weighted by atomic mass is 9.95. The lowest BCUT2D eigenvalue weighted by molar-refractivity contribution is -0.149. The van der Waals surface area contributed by atoms with Crippen LogP contribution in [0.15, 0.2) is 54.6 Å². The fourth-order valence-electron chi connectivity index (χ4n) is 4.61. The normalized spacial score (nSPS) is 24.5. The predicted molar refractivity (Wildman–Crippen MR) is 130 cm³/mol. The van der Waals surface area contributed by atoms with Crippen LogP contribution in [0.3, 0.4) is 0 Å². The van der Waals surface area contributed by atoms with Gasteiger partial charge in [-0.25, -0.2) is 4.79 Å². The van der Waals surface area contributed by atoms with Crippen LogP contribution in [0.25, 0.3) is 0 Å². The Morgan fingerprint density at radius 1 is 1.09 bits per heavy atom. The molecule has 188 valence electrons. The largest absolute Gasteiger partial charge is 0.496 e. The number of methoxy groups -OCH3 is 1. The van der Waals surface area contributed by atoms with Crippen molar-refractivity contribution in [3.8, 4) is 5.75 Å². The van der Waals surface area contributed by atoms with Gasteiger partial charge >= 0.3 is 6.03 Å². The number of carbonyl (C=O) groups is 2. The second kappa shape index (κ2) is 12.0. The molecule has 2 heterocycles. The summed E-state index contributed by atoms with van der Waals surface area (Å²) in [6.07, 6.45) is 0.0423. The summed E-state index contributed by atoms with van der Waals surface area (Å²) in [5, 5.41) is 16.1. The van der Waals surface area contributed by atoms with Gasteiger partial charge in [0, 0.05) is 17.8 Å². The van der Waals surface area contributed by atoms with E-state index < -0.39 is 6.10 Å². The van der Waals surface area contributed by atoms with E-state index in [9.17, 15) is 14.7 Å². The third-order valence-corrected chi connectivity index (χ3v) is 6.35. The lowest BCUT2D eigenvalue weighted by Gasteiger charge is -2.44. The number of hydrogen-bond donors (Lipinski definition) is 3. The number of nitrogens with one attached hydrogen (secondary N) is 2. The SMILES string of the molecule is COc1ccccc1CNC(=O)C[C@H]1CC[C@H]2[C@@H](COC[C@@H](O)CN2C(=O)Nc2ccccc2)O1. The third-order valence-electron chi connectivity index (χ3n) is 6.35. The Balaban J connectivity index is 1.35. The van der Waals surface area contributed by atoms with Gasteiger partial charge in [0.05, 0.1) is 51.5 Å². The topological polar surface area (TPSA) is 109 Å². The Hall–Kier alpha value is -3.14. The van der Waals surface area contributed by atoms with Crippen LogP contribution in [-0.2, 0) is 20.8 Å². The molecule has 2 aromatic carbocycles. The second-order valence-electron chi connectivity index (χ2n) is 8.87. The first kappa shape index (κ1) is 25.0. The van der Waals surface area contributed by atoms with Crippen LogP contribution >= 0.6 is 0 Å². The summed E-state index contributed by atoms with van der Waals surface area (Å²) in [6.45, 7) is 0.880. The Kier molecular flexibility index (Phi) is 8.57. The molecule has 9 heteroatoms. The zero-order chi connectivity index (χ0) is 24.6. The average Bonchev–Trinajstić information content (AvgIpc) is 2.86. The van der Waals surface area contributed by atoms with Crippen molar-refractivity contribution in [2.24, 2.45) is 0 Å². The molecule has 2 fully saturated rings. The number of fused-ring (bicyclic) bond motifs is 1. The molecule has 0 unspecified atom stereocenters. The van der Waals surface area contributed by atoms with Gasteiger partial charge < -0.3 is 34.9 Å². The van der Waals surface area contributed by atoms with Crippen molar-refractivity contribution < 1.29 is 28.9 Å². The number of ether oxygens (including phenoxy) is 3. The van der Waals surface area contributed by atoms with Crippen molar-refractivity contribution in [1.29, 1.82) is 0 Å². The maximum atomic E-state index is 13.1. The first-order valence-electron chi connectivity index (χ1n) is 12.0. The number of para-hydroxylation sites is 2. The smallest absolute Gasteiger partial charge is 0.322 e. The Labute approximate surface area is 205 Å². The number of carbonyl (C=O) groups excluding carboxylic acids is 2. The lowest BCUT2D eigenvalue weighted by Crippen LogP contribution is -2.58. The average molecular weight is 484 g/mol. The van der Waals surface area contributed by atoms with Crippen molar-refractivity contribution in [2.75, 3.05) is 32.2 Å². The highest BCUT2D eigenvalue weighted by molar-refractivity contribution is 5.89. The molecular formula is C26H33N3O6.